The summed E-state index contributed by atoms with van der Waals surface area (Å²) in [6.07, 6.45) is 0. The molecule has 1 aromatic heterocycles. The van der Waals surface area contributed by atoms with E-state index in [1.165, 1.54) is 25.3 Å². The van der Waals surface area contributed by atoms with Crippen LogP contribution in [0.3, 0.4) is 0 Å². The zero-order valence-corrected chi connectivity index (χ0v) is 19.7. The van der Waals surface area contributed by atoms with Gasteiger partial charge < -0.3 is 19.7 Å². The fourth-order valence-corrected chi connectivity index (χ4v) is 4.60. The van der Waals surface area contributed by atoms with Crippen LogP contribution in [0.5, 0.6) is 11.5 Å². The maximum Gasteiger partial charge on any atom is 0.273 e. The Hall–Kier alpha value is -3.70. The first kappa shape index (κ1) is 23.5. The fourth-order valence-electron chi connectivity index (χ4n) is 3.71. The summed E-state index contributed by atoms with van der Waals surface area (Å²) in [5.74, 6) is 0.850. The summed E-state index contributed by atoms with van der Waals surface area (Å²) in [6.45, 7) is 3.19. The van der Waals surface area contributed by atoms with Gasteiger partial charge in [0.1, 0.15) is 11.5 Å². The van der Waals surface area contributed by atoms with Crippen LogP contribution >= 0.6 is 11.3 Å². The number of rotatable bonds is 8. The van der Waals surface area contributed by atoms with Crippen LogP contribution in [0.4, 0.5) is 16.5 Å². The van der Waals surface area contributed by atoms with E-state index in [0.29, 0.717) is 5.69 Å². The van der Waals surface area contributed by atoms with Crippen LogP contribution in [0.25, 0.3) is 11.3 Å². The third kappa shape index (κ3) is 5.43. The van der Waals surface area contributed by atoms with Gasteiger partial charge in [-0.3, -0.25) is 19.8 Å². The van der Waals surface area contributed by atoms with Crippen LogP contribution in [-0.2, 0) is 4.79 Å². The average molecular weight is 484 g/mol. The van der Waals surface area contributed by atoms with Crippen LogP contribution in [0.15, 0.2) is 47.8 Å². The Labute approximate surface area is 200 Å². The van der Waals surface area contributed by atoms with Crippen LogP contribution in [0, 0.1) is 10.1 Å². The maximum absolute atomic E-state index is 12.6. The van der Waals surface area contributed by atoms with Gasteiger partial charge in [0.25, 0.3) is 5.69 Å². The molecule has 0 bridgehead atoms. The lowest BCUT2D eigenvalue weighted by molar-refractivity contribution is -0.384. The lowest BCUT2D eigenvalue weighted by Gasteiger charge is -2.34. The quantitative estimate of drug-likeness (QED) is 0.383. The standard InChI is InChI=1S/C23H25N5O5S/c1-32-18-5-3-4-16(12-18)20-15-34-23(25-20)27-10-8-26(9-11-27)14-22(29)24-19-7-6-17(28(30)31)13-21(19)33-2/h3-7,12-13,15H,8-11,14H2,1-2H3,(H,24,29). The third-order valence-corrected chi connectivity index (χ3v) is 6.44. The first-order valence-corrected chi connectivity index (χ1v) is 11.5. The second-order valence-electron chi connectivity index (χ2n) is 7.70. The minimum absolute atomic E-state index is 0.0947. The Morgan fingerprint density at radius 1 is 1.15 bits per heavy atom. The Kier molecular flexibility index (Phi) is 7.24. The fraction of sp³-hybridized carbons (Fsp3) is 0.304. The van der Waals surface area contributed by atoms with Crippen molar-refractivity contribution in [2.45, 2.75) is 0 Å². The largest absolute Gasteiger partial charge is 0.497 e. The van der Waals surface area contributed by atoms with Gasteiger partial charge in [0.15, 0.2) is 5.13 Å². The van der Waals surface area contributed by atoms with E-state index in [1.54, 1.807) is 18.4 Å². The van der Waals surface area contributed by atoms with E-state index >= 15 is 0 Å². The molecule has 1 amide bonds. The number of ether oxygens (including phenoxy) is 2. The molecule has 2 heterocycles. The van der Waals surface area contributed by atoms with Gasteiger partial charge in [0.05, 0.1) is 43.1 Å². The van der Waals surface area contributed by atoms with Crippen molar-refractivity contribution in [1.82, 2.24) is 9.88 Å². The molecule has 34 heavy (non-hydrogen) atoms. The van der Waals surface area contributed by atoms with Crippen molar-refractivity contribution < 1.29 is 19.2 Å². The molecule has 0 radical (unpaired) electrons. The number of nitro groups is 1. The van der Waals surface area contributed by atoms with Crippen molar-refractivity contribution >= 4 is 33.8 Å². The van der Waals surface area contributed by atoms with E-state index in [2.05, 4.69) is 15.1 Å². The van der Waals surface area contributed by atoms with Gasteiger partial charge in [-0.2, -0.15) is 0 Å². The summed E-state index contributed by atoms with van der Waals surface area (Å²) in [7, 11) is 3.06. The number of carbonyl (C=O) groups excluding carboxylic acids is 1. The number of anilines is 2. The van der Waals surface area contributed by atoms with Gasteiger partial charge in [-0.15, -0.1) is 11.3 Å². The molecule has 1 fully saturated rings. The van der Waals surface area contributed by atoms with Crippen molar-refractivity contribution in [2.75, 3.05) is 57.2 Å². The summed E-state index contributed by atoms with van der Waals surface area (Å²) in [4.78, 5) is 32.1. The predicted octanol–water partition coefficient (Wildman–Crippen LogP) is 3.50. The molecule has 2 aromatic carbocycles. The normalized spacial score (nSPS) is 14.0. The van der Waals surface area contributed by atoms with Gasteiger partial charge in [-0.05, 0) is 18.2 Å². The molecule has 1 aliphatic rings. The predicted molar refractivity (Wildman–Crippen MR) is 131 cm³/mol. The highest BCUT2D eigenvalue weighted by atomic mass is 32.1. The number of thiazole rings is 1. The van der Waals surface area contributed by atoms with Gasteiger partial charge in [0.2, 0.25) is 5.91 Å². The second kappa shape index (κ2) is 10.5. The number of methoxy groups -OCH3 is 2. The van der Waals surface area contributed by atoms with Crippen LogP contribution in [0.2, 0.25) is 0 Å². The maximum atomic E-state index is 12.6. The smallest absolute Gasteiger partial charge is 0.273 e. The zero-order valence-electron chi connectivity index (χ0n) is 18.9. The van der Waals surface area contributed by atoms with Crippen molar-refractivity contribution in [3.8, 4) is 22.8 Å². The number of aromatic nitrogens is 1. The minimum atomic E-state index is -0.504. The number of benzene rings is 2. The lowest BCUT2D eigenvalue weighted by atomic mass is 10.2. The average Bonchev–Trinajstić information content (AvgIpc) is 3.35. The number of nitrogens with zero attached hydrogens (tertiary/aromatic N) is 4. The van der Waals surface area contributed by atoms with Gasteiger partial charge in [0, 0.05) is 43.2 Å². The molecule has 1 N–H and O–H groups in total. The molecule has 0 unspecified atom stereocenters. The van der Waals surface area contributed by atoms with Gasteiger partial charge >= 0.3 is 0 Å². The summed E-state index contributed by atoms with van der Waals surface area (Å²) < 4.78 is 10.5. The minimum Gasteiger partial charge on any atom is -0.497 e. The van der Waals surface area contributed by atoms with Crippen LogP contribution in [-0.4, -0.2) is 67.7 Å². The first-order valence-electron chi connectivity index (χ1n) is 10.7. The van der Waals surface area contributed by atoms with Crippen molar-refractivity contribution in [3.63, 3.8) is 0 Å². The summed E-state index contributed by atoms with van der Waals surface area (Å²) in [5.41, 5.74) is 2.24. The topological polar surface area (TPSA) is 110 Å². The number of hydrogen-bond donors (Lipinski definition) is 1. The van der Waals surface area contributed by atoms with Crippen LogP contribution in [0.1, 0.15) is 0 Å². The van der Waals surface area contributed by atoms with Gasteiger partial charge in [-0.1, -0.05) is 12.1 Å². The zero-order chi connectivity index (χ0) is 24.1. The summed E-state index contributed by atoms with van der Waals surface area (Å²) in [5, 5.41) is 16.7. The van der Waals surface area contributed by atoms with Crippen molar-refractivity contribution in [1.29, 1.82) is 0 Å². The van der Waals surface area contributed by atoms with Crippen molar-refractivity contribution in [3.05, 3.63) is 58.0 Å². The molecular formula is C23H25N5O5S. The molecule has 0 atom stereocenters. The number of nitrogens with one attached hydrogen (secondary N) is 1. The summed E-state index contributed by atoms with van der Waals surface area (Å²) in [6, 6.07) is 11.9. The molecule has 1 aliphatic heterocycles. The number of nitro benzene ring substituents is 1. The number of hydrogen-bond acceptors (Lipinski definition) is 9. The second-order valence-corrected chi connectivity index (χ2v) is 8.54. The Balaban J connectivity index is 1.31. The Morgan fingerprint density at radius 3 is 2.65 bits per heavy atom. The first-order chi connectivity index (χ1) is 16.5. The molecule has 0 aliphatic carbocycles. The SMILES string of the molecule is COc1cccc(-c2csc(N3CCN(CC(=O)Nc4ccc([N+](=O)[O-])cc4OC)CC3)n2)c1. The van der Waals surface area contributed by atoms with E-state index in [0.717, 1.165) is 48.3 Å². The highest BCUT2D eigenvalue weighted by Gasteiger charge is 2.22. The van der Waals surface area contributed by atoms with Gasteiger partial charge in [-0.25, -0.2) is 4.98 Å². The molecule has 10 nitrogen and oxygen atoms in total. The number of non-ortho nitro benzene ring substituents is 1. The highest BCUT2D eigenvalue weighted by molar-refractivity contribution is 7.14. The van der Waals surface area contributed by atoms with Crippen molar-refractivity contribution in [2.24, 2.45) is 0 Å². The summed E-state index contributed by atoms with van der Waals surface area (Å²) >= 11 is 1.60. The lowest BCUT2D eigenvalue weighted by Crippen LogP contribution is -2.48. The van der Waals surface area contributed by atoms with E-state index in [4.69, 9.17) is 14.5 Å². The van der Waals surface area contributed by atoms with E-state index in [9.17, 15) is 14.9 Å². The molecular weight excluding hydrogens is 458 g/mol. The monoisotopic (exact) mass is 483 g/mol. The number of piperazine rings is 1. The number of carbonyl (C=O) groups is 1. The van der Waals surface area contributed by atoms with E-state index in [-0.39, 0.29) is 23.9 Å². The molecule has 11 heteroatoms. The molecule has 1 saturated heterocycles. The Bertz CT molecular complexity index is 1180. The highest BCUT2D eigenvalue weighted by Crippen LogP contribution is 2.31. The molecule has 3 aromatic rings. The molecule has 178 valence electrons. The van der Waals surface area contributed by atoms with E-state index in [1.807, 2.05) is 29.6 Å². The molecule has 0 saturated carbocycles. The van der Waals surface area contributed by atoms with E-state index < -0.39 is 4.92 Å². The third-order valence-electron chi connectivity index (χ3n) is 5.54. The Morgan fingerprint density at radius 2 is 1.94 bits per heavy atom. The number of amides is 1. The van der Waals surface area contributed by atoms with Crippen LogP contribution < -0.4 is 19.7 Å². The molecule has 0 spiro atoms. The molecule has 4 rings (SSSR count).